The van der Waals surface area contributed by atoms with E-state index in [9.17, 15) is 42.9 Å². The van der Waals surface area contributed by atoms with Crippen LogP contribution in [0.5, 0.6) is 11.5 Å². The van der Waals surface area contributed by atoms with Gasteiger partial charge in [-0.3, -0.25) is 4.79 Å². The van der Waals surface area contributed by atoms with Gasteiger partial charge in [0.15, 0.2) is 23.7 Å². The standard InChI is InChI=1S/C29H38N2O9.C2HF3O2/c1-14(2)12-18(30-25(34)15(3)32)27(36)38-16(4)26(35)39-20-8-9-29(37)21-13-17-6-7-19(33)23-22(17)28(29,24(20)40-23)10-11-31(21)5;3-2(4,5)1(6)7/h6-8,14-16,18,21,24,32-33,37H,9-13H2,1-5H3,(H,30,34);(H,6,7)/t15?,16?,18?,21-,24+,28+,29-;/m1./s1. The van der Waals surface area contributed by atoms with Gasteiger partial charge in [-0.25, -0.2) is 14.4 Å². The summed E-state index contributed by atoms with van der Waals surface area (Å²) in [6.45, 7) is 7.08. The lowest BCUT2D eigenvalue weighted by Crippen LogP contribution is -2.74. The molecule has 16 heteroatoms. The Morgan fingerprint density at radius 2 is 1.79 bits per heavy atom. The number of esters is 2. The molecule has 7 atom stereocenters. The summed E-state index contributed by atoms with van der Waals surface area (Å²) >= 11 is 0. The third-order valence-corrected chi connectivity index (χ3v) is 9.13. The van der Waals surface area contributed by atoms with Crippen LogP contribution in [0.25, 0.3) is 0 Å². The van der Waals surface area contributed by atoms with E-state index in [1.54, 1.807) is 12.1 Å². The molecule has 1 amide bonds. The van der Waals surface area contributed by atoms with Crippen molar-refractivity contribution in [3.8, 4) is 11.5 Å². The summed E-state index contributed by atoms with van der Waals surface area (Å²) in [5.74, 6) is -4.64. The Kier molecular flexibility index (Phi) is 9.91. The zero-order valence-corrected chi connectivity index (χ0v) is 26.5. The third kappa shape index (κ3) is 6.50. The average molecular weight is 673 g/mol. The van der Waals surface area contributed by atoms with Gasteiger partial charge in [0.1, 0.15) is 17.9 Å². The molecule has 1 aromatic rings. The number of aliphatic hydroxyl groups is 2. The van der Waals surface area contributed by atoms with Crippen LogP contribution in [0.15, 0.2) is 24.0 Å². The van der Waals surface area contributed by atoms with Crippen LogP contribution < -0.4 is 10.1 Å². The molecular formula is C31H39F3N2O11. The lowest BCUT2D eigenvalue weighted by Gasteiger charge is -2.61. The number of carboxylic acids is 1. The van der Waals surface area contributed by atoms with E-state index in [-0.39, 0.29) is 36.3 Å². The first-order valence-electron chi connectivity index (χ1n) is 15.1. The van der Waals surface area contributed by atoms with Crippen molar-refractivity contribution in [2.75, 3.05) is 13.6 Å². The first kappa shape index (κ1) is 36.0. The van der Waals surface area contributed by atoms with Crippen LogP contribution in [-0.4, -0.2) is 105 Å². The maximum atomic E-state index is 13.2. The summed E-state index contributed by atoms with van der Waals surface area (Å²) < 4.78 is 49.2. The number of phenols is 1. The highest BCUT2D eigenvalue weighted by Crippen LogP contribution is 2.65. The molecule has 0 saturated carbocycles. The van der Waals surface area contributed by atoms with Gasteiger partial charge in [-0.1, -0.05) is 19.9 Å². The number of amides is 1. The van der Waals surface area contributed by atoms with Crippen LogP contribution in [-0.2, 0) is 40.5 Å². The Morgan fingerprint density at radius 3 is 2.36 bits per heavy atom. The van der Waals surface area contributed by atoms with Crippen LogP contribution in [0.4, 0.5) is 13.2 Å². The van der Waals surface area contributed by atoms with Crippen molar-refractivity contribution < 1.29 is 67.0 Å². The number of benzene rings is 1. The summed E-state index contributed by atoms with van der Waals surface area (Å²) in [5, 5.41) is 42.0. The summed E-state index contributed by atoms with van der Waals surface area (Å²) in [6.07, 6.45) is -5.30. The number of phenolic OH excluding ortho intramolecular Hbond substituents is 1. The van der Waals surface area contributed by atoms with Gasteiger partial charge in [0.25, 0.3) is 0 Å². The van der Waals surface area contributed by atoms with Crippen LogP contribution in [0.3, 0.4) is 0 Å². The molecule has 1 aromatic carbocycles. The van der Waals surface area contributed by atoms with Gasteiger partial charge in [0, 0.05) is 18.0 Å². The summed E-state index contributed by atoms with van der Waals surface area (Å²) in [6, 6.07) is 2.22. The number of rotatable bonds is 8. The fourth-order valence-electron chi connectivity index (χ4n) is 6.92. The monoisotopic (exact) mass is 672 g/mol. The van der Waals surface area contributed by atoms with E-state index < -0.39 is 65.4 Å². The van der Waals surface area contributed by atoms with Crippen molar-refractivity contribution in [2.24, 2.45) is 5.92 Å². The van der Waals surface area contributed by atoms with Gasteiger partial charge in [0.2, 0.25) is 5.91 Å². The minimum atomic E-state index is -5.08. The molecule has 260 valence electrons. The molecular weight excluding hydrogens is 633 g/mol. The molecule has 1 spiro atoms. The van der Waals surface area contributed by atoms with Crippen molar-refractivity contribution in [3.05, 3.63) is 35.1 Å². The van der Waals surface area contributed by atoms with Crippen LogP contribution in [0.1, 0.15) is 58.1 Å². The van der Waals surface area contributed by atoms with E-state index in [2.05, 4.69) is 10.2 Å². The van der Waals surface area contributed by atoms with Crippen LogP contribution >= 0.6 is 0 Å². The highest BCUT2D eigenvalue weighted by molar-refractivity contribution is 5.88. The summed E-state index contributed by atoms with van der Waals surface area (Å²) in [4.78, 5) is 49.1. The molecule has 2 aliphatic heterocycles. The maximum Gasteiger partial charge on any atom is 0.490 e. The quantitative estimate of drug-likeness (QED) is 0.252. The Labute approximate surface area is 268 Å². The van der Waals surface area contributed by atoms with Gasteiger partial charge >= 0.3 is 24.1 Å². The number of piperidine rings is 1. The number of aliphatic hydroxyl groups excluding tert-OH is 1. The molecule has 3 unspecified atom stereocenters. The summed E-state index contributed by atoms with van der Waals surface area (Å²) in [7, 11) is 1.98. The first-order valence-corrected chi connectivity index (χ1v) is 15.1. The van der Waals surface area contributed by atoms with E-state index in [0.717, 1.165) is 11.1 Å². The minimum absolute atomic E-state index is 0.0239. The van der Waals surface area contributed by atoms with Crippen LogP contribution in [0.2, 0.25) is 0 Å². The second kappa shape index (κ2) is 13.0. The third-order valence-electron chi connectivity index (χ3n) is 9.13. The number of likely N-dealkylation sites (tertiary alicyclic amines) is 1. The summed E-state index contributed by atoms with van der Waals surface area (Å²) in [5.41, 5.74) is -0.349. The van der Waals surface area contributed by atoms with Crippen LogP contribution in [0, 0.1) is 5.92 Å². The molecule has 2 aliphatic carbocycles. The Hall–Kier alpha value is -3.89. The van der Waals surface area contributed by atoms with Gasteiger partial charge in [-0.2, -0.15) is 13.2 Å². The second-order valence-corrected chi connectivity index (χ2v) is 12.8. The van der Waals surface area contributed by atoms with Crippen molar-refractivity contribution in [1.82, 2.24) is 10.2 Å². The van der Waals surface area contributed by atoms with Crippen molar-refractivity contribution >= 4 is 23.8 Å². The molecule has 2 heterocycles. The number of nitrogens with zero attached hydrogens (tertiary/aromatic N) is 1. The van der Waals surface area contributed by atoms with E-state index in [1.165, 1.54) is 13.8 Å². The smallest absolute Gasteiger partial charge is 0.490 e. The SMILES string of the molecule is CC(C)CC(NC(=O)C(C)O)C(=O)OC(C)C(=O)OC1=CC[C@@]2(O)[C@H]3Cc4ccc(O)c5c4[C@@]2(CCN3C)[C@H]1O5.O=C(O)C(F)(F)F. The van der Waals surface area contributed by atoms with E-state index in [4.69, 9.17) is 24.1 Å². The number of hydrogen-bond acceptors (Lipinski definition) is 11. The number of likely N-dealkylation sites (N-methyl/N-ethyl adjacent to an activating group) is 1. The molecule has 1 saturated heterocycles. The number of aromatic hydroxyl groups is 1. The fraction of sp³-hybridized carbons (Fsp3) is 0.613. The number of carboxylic acid groups (broad SMARTS) is 1. The minimum Gasteiger partial charge on any atom is -0.504 e. The Bertz CT molecular complexity index is 1460. The molecule has 0 aromatic heterocycles. The Morgan fingerprint density at radius 1 is 1.15 bits per heavy atom. The van der Waals surface area contributed by atoms with Gasteiger partial charge in [-0.05, 0) is 70.3 Å². The van der Waals surface area contributed by atoms with Gasteiger partial charge in [-0.15, -0.1) is 0 Å². The molecule has 47 heavy (non-hydrogen) atoms. The topological polar surface area (TPSA) is 192 Å². The average Bonchev–Trinajstić information content (AvgIpc) is 3.33. The number of ether oxygens (including phenoxy) is 3. The predicted molar refractivity (Wildman–Crippen MR) is 155 cm³/mol. The number of halogens is 3. The van der Waals surface area contributed by atoms with E-state index >= 15 is 0 Å². The fourth-order valence-corrected chi connectivity index (χ4v) is 6.92. The van der Waals surface area contributed by atoms with Gasteiger partial charge < -0.3 is 44.9 Å². The molecule has 1 fully saturated rings. The zero-order valence-electron chi connectivity index (χ0n) is 26.5. The Balaban J connectivity index is 0.000000644. The first-order chi connectivity index (χ1) is 21.7. The second-order valence-electron chi connectivity index (χ2n) is 12.8. The molecule has 5 N–H and O–H groups in total. The normalized spacial score (nSPS) is 27.5. The van der Waals surface area contributed by atoms with Crippen molar-refractivity contribution in [2.45, 2.75) is 101 Å². The molecule has 2 bridgehead atoms. The molecule has 4 aliphatic rings. The van der Waals surface area contributed by atoms with E-state index in [0.29, 0.717) is 25.1 Å². The van der Waals surface area contributed by atoms with Gasteiger partial charge in [0.05, 0.1) is 11.0 Å². The molecule has 13 nitrogen and oxygen atoms in total. The van der Waals surface area contributed by atoms with Crippen molar-refractivity contribution in [1.29, 1.82) is 0 Å². The largest absolute Gasteiger partial charge is 0.504 e. The zero-order chi connectivity index (χ0) is 35.2. The number of carbonyl (C=O) groups excluding carboxylic acids is 3. The number of aliphatic carboxylic acids is 1. The predicted octanol–water partition coefficient (Wildman–Crippen LogP) is 1.69. The maximum absolute atomic E-state index is 13.2. The molecule has 0 radical (unpaired) electrons. The number of hydrogen-bond donors (Lipinski definition) is 5. The number of nitrogens with one attached hydrogen (secondary N) is 1. The number of carbonyl (C=O) groups is 4. The lowest BCUT2D eigenvalue weighted by molar-refractivity contribution is -0.192. The molecule has 5 rings (SSSR count). The van der Waals surface area contributed by atoms with E-state index in [1.807, 2.05) is 27.0 Å². The highest BCUT2D eigenvalue weighted by atomic mass is 19.4. The highest BCUT2D eigenvalue weighted by Gasteiger charge is 2.72. The number of alkyl halides is 3. The van der Waals surface area contributed by atoms with Crippen molar-refractivity contribution in [3.63, 3.8) is 0 Å². The lowest BCUT2D eigenvalue weighted by atomic mass is 9.50.